The van der Waals surface area contributed by atoms with Crippen molar-refractivity contribution in [3.63, 3.8) is 0 Å². The molecule has 3 heterocycles. The molecule has 1 amide bonds. The number of fused-ring (bicyclic) bond motifs is 1. The van der Waals surface area contributed by atoms with Crippen LogP contribution >= 0.6 is 11.3 Å². The highest BCUT2D eigenvalue weighted by molar-refractivity contribution is 7.13. The number of aromatic amines is 1. The Morgan fingerprint density at radius 1 is 1.09 bits per heavy atom. The van der Waals surface area contributed by atoms with E-state index in [1.54, 1.807) is 17.7 Å². The van der Waals surface area contributed by atoms with Gasteiger partial charge in [0.1, 0.15) is 0 Å². The third-order valence-corrected chi connectivity index (χ3v) is 6.09. The molecule has 0 radical (unpaired) electrons. The second-order valence-electron chi connectivity index (χ2n) is 7.43. The van der Waals surface area contributed by atoms with E-state index >= 15 is 0 Å². The van der Waals surface area contributed by atoms with Crippen LogP contribution in [0.25, 0.3) is 21.7 Å². The van der Waals surface area contributed by atoms with Gasteiger partial charge in [-0.15, -0.1) is 11.3 Å². The number of carbonyl (C=O) groups excluding carboxylic acids is 1. The minimum atomic E-state index is -0.245. The lowest BCUT2D eigenvalue weighted by atomic mass is 9.98. The van der Waals surface area contributed by atoms with Crippen LogP contribution in [0, 0.1) is 0 Å². The van der Waals surface area contributed by atoms with Crippen LogP contribution in [0.1, 0.15) is 35.9 Å². The average molecular weight is 444 g/mol. The van der Waals surface area contributed by atoms with Gasteiger partial charge in [-0.1, -0.05) is 47.6 Å². The van der Waals surface area contributed by atoms with E-state index in [4.69, 9.17) is 4.52 Å². The van der Waals surface area contributed by atoms with E-state index < -0.39 is 0 Å². The SMILES string of the molecule is O=C(CCCc1nc(-c2cccs2)no1)NC(c1ccccc1)c1ccc2nc[nH]c2c1. The molecule has 0 aliphatic carbocycles. The van der Waals surface area contributed by atoms with Crippen LogP contribution in [0.3, 0.4) is 0 Å². The molecule has 32 heavy (non-hydrogen) atoms. The number of hydrogen-bond acceptors (Lipinski definition) is 6. The largest absolute Gasteiger partial charge is 0.345 e. The van der Waals surface area contributed by atoms with Gasteiger partial charge in [-0.25, -0.2) is 4.98 Å². The lowest BCUT2D eigenvalue weighted by molar-refractivity contribution is -0.121. The summed E-state index contributed by atoms with van der Waals surface area (Å²) in [7, 11) is 0. The molecule has 0 aliphatic rings. The molecule has 0 saturated heterocycles. The topological polar surface area (TPSA) is 96.7 Å². The average Bonchev–Trinajstić information content (AvgIpc) is 3.59. The van der Waals surface area contributed by atoms with E-state index in [2.05, 4.69) is 25.4 Å². The number of nitrogens with one attached hydrogen (secondary N) is 2. The highest BCUT2D eigenvalue weighted by Gasteiger charge is 2.18. The van der Waals surface area contributed by atoms with Crippen LogP contribution in [0.15, 0.2) is 76.9 Å². The summed E-state index contributed by atoms with van der Waals surface area (Å²) in [6.07, 6.45) is 3.22. The lowest BCUT2D eigenvalue weighted by Gasteiger charge is -2.20. The first-order valence-electron chi connectivity index (χ1n) is 10.4. The molecule has 160 valence electrons. The van der Waals surface area contributed by atoms with Crippen molar-refractivity contribution < 1.29 is 9.32 Å². The van der Waals surface area contributed by atoms with Gasteiger partial charge in [0.05, 0.1) is 28.3 Å². The predicted molar refractivity (Wildman–Crippen MR) is 123 cm³/mol. The smallest absolute Gasteiger partial charge is 0.226 e. The summed E-state index contributed by atoms with van der Waals surface area (Å²) < 4.78 is 5.33. The number of carbonyl (C=O) groups is 1. The number of thiophene rings is 1. The van der Waals surface area contributed by atoms with Gasteiger partial charge >= 0.3 is 0 Å². The standard InChI is InChI=1S/C24H21N5O2S/c30-21(9-4-10-22-28-24(29-31-22)20-8-5-13-32-20)27-23(16-6-2-1-3-7-16)17-11-12-18-19(14-17)26-15-25-18/h1-3,5-8,11-15,23H,4,9-10H2,(H,25,26)(H,27,30). The Morgan fingerprint density at radius 3 is 2.84 bits per heavy atom. The number of nitrogens with zero attached hydrogens (tertiary/aromatic N) is 3. The van der Waals surface area contributed by atoms with Crippen molar-refractivity contribution in [1.29, 1.82) is 0 Å². The summed E-state index contributed by atoms with van der Waals surface area (Å²) in [5, 5.41) is 9.18. The Hall–Kier alpha value is -3.78. The first-order valence-corrected chi connectivity index (χ1v) is 11.3. The summed E-state index contributed by atoms with van der Waals surface area (Å²) in [5.74, 6) is 1.12. The second kappa shape index (κ2) is 9.15. The fourth-order valence-corrected chi connectivity index (χ4v) is 4.28. The molecule has 3 aromatic heterocycles. The number of benzene rings is 2. The van der Waals surface area contributed by atoms with Crippen LogP contribution in [-0.2, 0) is 11.2 Å². The van der Waals surface area contributed by atoms with E-state index in [1.807, 2.05) is 66.0 Å². The summed E-state index contributed by atoms with van der Waals surface area (Å²) in [4.78, 5) is 25.6. The molecule has 0 saturated carbocycles. The molecule has 8 heteroatoms. The second-order valence-corrected chi connectivity index (χ2v) is 8.38. The quantitative estimate of drug-likeness (QED) is 0.355. The molecule has 0 fully saturated rings. The normalized spacial score (nSPS) is 12.1. The molecule has 0 aliphatic heterocycles. The molecule has 0 spiro atoms. The van der Waals surface area contributed by atoms with Gasteiger partial charge in [-0.05, 0) is 41.1 Å². The molecule has 1 unspecified atom stereocenters. The zero-order valence-corrected chi connectivity index (χ0v) is 18.0. The molecule has 1 atom stereocenters. The van der Waals surface area contributed by atoms with Crippen LogP contribution in [-0.4, -0.2) is 26.0 Å². The number of rotatable bonds is 8. The molecule has 2 aromatic carbocycles. The maximum Gasteiger partial charge on any atom is 0.226 e. The zero-order chi connectivity index (χ0) is 21.8. The van der Waals surface area contributed by atoms with E-state index in [-0.39, 0.29) is 11.9 Å². The number of imidazole rings is 1. The van der Waals surface area contributed by atoms with E-state index in [9.17, 15) is 4.79 Å². The number of H-pyrrole nitrogens is 1. The molecular formula is C24H21N5O2S. The minimum absolute atomic E-state index is 0.0263. The van der Waals surface area contributed by atoms with Crippen molar-refractivity contribution in [3.8, 4) is 10.7 Å². The number of aromatic nitrogens is 4. The summed E-state index contributed by atoms with van der Waals surface area (Å²) >= 11 is 1.57. The molecular weight excluding hydrogens is 422 g/mol. The fourth-order valence-electron chi connectivity index (χ4n) is 3.63. The highest BCUT2D eigenvalue weighted by Crippen LogP contribution is 2.25. The zero-order valence-electron chi connectivity index (χ0n) is 17.2. The molecule has 0 bridgehead atoms. The van der Waals surface area contributed by atoms with E-state index in [1.165, 1.54) is 0 Å². The van der Waals surface area contributed by atoms with Crippen molar-refractivity contribution >= 4 is 28.3 Å². The summed E-state index contributed by atoms with van der Waals surface area (Å²) in [6, 6.07) is 19.6. The Labute approximate surface area is 188 Å². The van der Waals surface area contributed by atoms with Crippen molar-refractivity contribution in [2.24, 2.45) is 0 Å². The van der Waals surface area contributed by atoms with Crippen LogP contribution in [0.5, 0.6) is 0 Å². The Bertz CT molecular complexity index is 1310. The Kier molecular flexibility index (Phi) is 5.76. The minimum Gasteiger partial charge on any atom is -0.345 e. The number of aryl methyl sites for hydroxylation is 1. The van der Waals surface area contributed by atoms with Crippen molar-refractivity contribution in [2.45, 2.75) is 25.3 Å². The van der Waals surface area contributed by atoms with Gasteiger partial charge in [0.2, 0.25) is 17.6 Å². The van der Waals surface area contributed by atoms with Gasteiger partial charge in [-0.2, -0.15) is 4.98 Å². The third kappa shape index (κ3) is 4.45. The lowest BCUT2D eigenvalue weighted by Crippen LogP contribution is -2.29. The monoisotopic (exact) mass is 443 g/mol. The van der Waals surface area contributed by atoms with Crippen LogP contribution < -0.4 is 5.32 Å². The summed E-state index contributed by atoms with van der Waals surface area (Å²) in [5.41, 5.74) is 3.86. The van der Waals surface area contributed by atoms with E-state index in [0.717, 1.165) is 27.0 Å². The van der Waals surface area contributed by atoms with Crippen molar-refractivity contribution in [2.75, 3.05) is 0 Å². The van der Waals surface area contributed by atoms with Crippen molar-refractivity contribution in [3.05, 3.63) is 89.4 Å². The molecule has 5 rings (SSSR count). The summed E-state index contributed by atoms with van der Waals surface area (Å²) in [6.45, 7) is 0. The number of amides is 1. The first-order chi connectivity index (χ1) is 15.8. The maximum absolute atomic E-state index is 12.8. The van der Waals surface area contributed by atoms with Gasteiger partial charge < -0.3 is 14.8 Å². The van der Waals surface area contributed by atoms with Gasteiger partial charge in [-0.3, -0.25) is 4.79 Å². The van der Waals surface area contributed by atoms with Crippen LogP contribution in [0.4, 0.5) is 0 Å². The molecule has 5 aromatic rings. The number of hydrogen-bond donors (Lipinski definition) is 2. The van der Waals surface area contributed by atoms with Crippen LogP contribution in [0.2, 0.25) is 0 Å². The predicted octanol–water partition coefficient (Wildman–Crippen LogP) is 4.90. The Morgan fingerprint density at radius 2 is 2.00 bits per heavy atom. The third-order valence-electron chi connectivity index (χ3n) is 5.22. The fraction of sp³-hybridized carbons (Fsp3) is 0.167. The highest BCUT2D eigenvalue weighted by atomic mass is 32.1. The first kappa shape index (κ1) is 20.1. The van der Waals surface area contributed by atoms with Gasteiger partial charge in [0.25, 0.3) is 0 Å². The molecule has 7 nitrogen and oxygen atoms in total. The van der Waals surface area contributed by atoms with Gasteiger partial charge in [0, 0.05) is 12.8 Å². The van der Waals surface area contributed by atoms with Crippen molar-refractivity contribution in [1.82, 2.24) is 25.4 Å². The molecule has 2 N–H and O–H groups in total. The maximum atomic E-state index is 12.8. The van der Waals surface area contributed by atoms with Gasteiger partial charge in [0.15, 0.2) is 0 Å². The Balaban J connectivity index is 1.25. The van der Waals surface area contributed by atoms with E-state index in [0.29, 0.717) is 31.0 Å².